The first-order chi connectivity index (χ1) is 17.0. The Morgan fingerprint density at radius 3 is 2.03 bits per heavy atom. The van der Waals surface area contributed by atoms with Gasteiger partial charge in [0.2, 0.25) is 6.41 Å². The Kier molecular flexibility index (Phi) is 11.4. The van der Waals surface area contributed by atoms with Crippen molar-refractivity contribution in [1.29, 1.82) is 0 Å². The van der Waals surface area contributed by atoms with Gasteiger partial charge in [-0.15, -0.1) is 0 Å². The predicted molar refractivity (Wildman–Crippen MR) is 121 cm³/mol. The number of hydrogen-bond donors (Lipinski definition) is 1. The minimum absolute atomic E-state index is 0.00804. The maximum atomic E-state index is 13.0. The van der Waals surface area contributed by atoms with Crippen LogP contribution in [-0.4, -0.2) is 73.6 Å². The van der Waals surface area contributed by atoms with E-state index in [0.29, 0.717) is 18.5 Å². The molecule has 0 radical (unpaired) electrons. The number of hydrogen-bond acceptors (Lipinski definition) is 6. The second-order valence-corrected chi connectivity index (χ2v) is 8.16. The summed E-state index contributed by atoms with van der Waals surface area (Å²) in [5.41, 5.74) is -2.96. The maximum Gasteiger partial charge on any atom is 0.416 e. The van der Waals surface area contributed by atoms with Crippen molar-refractivity contribution in [2.75, 3.05) is 40.5 Å². The van der Waals surface area contributed by atoms with Crippen LogP contribution >= 0.6 is 0 Å². The summed E-state index contributed by atoms with van der Waals surface area (Å²) < 4.78 is 88.7. The number of aliphatic hydroxyl groups is 1. The first-order valence-electron chi connectivity index (χ1n) is 10.9. The number of ether oxygens (including phenoxy) is 2. The molecule has 0 spiro atoms. The lowest BCUT2D eigenvalue weighted by atomic mass is 10.1. The van der Waals surface area contributed by atoms with Gasteiger partial charge >= 0.3 is 12.4 Å². The minimum Gasteiger partial charge on any atom is -0.490 e. The number of likely N-dealkylation sites (N-methyl/N-ethyl adjacent to an activating group) is 1. The zero-order valence-corrected chi connectivity index (χ0v) is 20.9. The maximum absolute atomic E-state index is 13.0. The third-order valence-electron chi connectivity index (χ3n) is 4.80. The molecule has 0 unspecified atom stereocenters. The molecule has 1 rings (SSSR count). The van der Waals surface area contributed by atoms with Crippen LogP contribution in [-0.2, 0) is 26.7 Å². The number of carbonyl (C=O) groups excluding carboxylic acids is 2. The molecule has 8 nitrogen and oxygen atoms in total. The van der Waals surface area contributed by atoms with Crippen LogP contribution in [0.15, 0.2) is 34.6 Å². The number of halogens is 6. The topological polar surface area (TPSA) is 91.7 Å². The Hall–Kier alpha value is -3.29. The third kappa shape index (κ3) is 9.59. The molecular formula is C23H29F6N3O5. The fraction of sp³-hybridized carbons (Fsp3) is 0.522. The molecule has 1 N–H and O–H groups in total. The van der Waals surface area contributed by atoms with Crippen molar-refractivity contribution < 1.29 is 50.5 Å². The number of alkyl halides is 6. The first kappa shape index (κ1) is 31.7. The third-order valence-corrected chi connectivity index (χ3v) is 4.80. The van der Waals surface area contributed by atoms with Gasteiger partial charge in [0.1, 0.15) is 24.8 Å². The highest BCUT2D eigenvalue weighted by Gasteiger charge is 2.37. The minimum atomic E-state index is -5.01. The van der Waals surface area contributed by atoms with Crippen molar-refractivity contribution in [3.05, 3.63) is 40.7 Å². The summed E-state index contributed by atoms with van der Waals surface area (Å²) in [6, 6.07) is 0.890. The molecular weight excluding hydrogens is 512 g/mol. The Morgan fingerprint density at radius 1 is 1.05 bits per heavy atom. The number of nitrogens with zero attached hydrogens (tertiary/aromatic N) is 3. The zero-order chi connectivity index (χ0) is 28.6. The van der Waals surface area contributed by atoms with E-state index >= 15 is 0 Å². The summed E-state index contributed by atoms with van der Waals surface area (Å²) in [4.78, 5) is 30.5. The fourth-order valence-corrected chi connectivity index (χ4v) is 2.86. The lowest BCUT2D eigenvalue weighted by Crippen LogP contribution is -2.32. The van der Waals surface area contributed by atoms with Gasteiger partial charge in [-0.25, -0.2) is 0 Å². The van der Waals surface area contributed by atoms with Gasteiger partial charge in [-0.2, -0.15) is 31.3 Å². The van der Waals surface area contributed by atoms with Crippen LogP contribution in [0.25, 0.3) is 0 Å². The van der Waals surface area contributed by atoms with Gasteiger partial charge in [0.15, 0.2) is 5.90 Å². The molecule has 0 bridgehead atoms. The fourth-order valence-electron chi connectivity index (χ4n) is 2.86. The van der Waals surface area contributed by atoms with E-state index in [4.69, 9.17) is 14.6 Å². The molecule has 1 aromatic rings. The van der Waals surface area contributed by atoms with E-state index in [0.717, 1.165) is 4.90 Å². The molecule has 0 aliphatic rings. The van der Waals surface area contributed by atoms with E-state index in [2.05, 4.69) is 4.99 Å². The summed E-state index contributed by atoms with van der Waals surface area (Å²) in [5, 5.41) is 9.04. The van der Waals surface area contributed by atoms with Crippen molar-refractivity contribution in [3.63, 3.8) is 0 Å². The largest absolute Gasteiger partial charge is 0.490 e. The van der Waals surface area contributed by atoms with Crippen LogP contribution in [0.4, 0.5) is 26.3 Å². The van der Waals surface area contributed by atoms with Gasteiger partial charge in [0.05, 0.1) is 23.3 Å². The Labute approximate surface area is 210 Å². The molecule has 0 atom stereocenters. The van der Waals surface area contributed by atoms with Gasteiger partial charge < -0.3 is 24.4 Å². The van der Waals surface area contributed by atoms with E-state index in [1.54, 1.807) is 13.8 Å². The standard InChI is InChI=1S/C23H29F6N3O5/c1-14(2)20(30-19(32(5)13-34)15(3)21(35)31(4)6-7-33)37-9-8-36-18-11-16(22(24,25)26)10-17(12-18)23(27,28)29/h10-14,33H,6-9H2,1-5H3/b19-15-,30-20?. The number of amides is 2. The highest BCUT2D eigenvalue weighted by Crippen LogP contribution is 2.38. The van der Waals surface area contributed by atoms with Crippen LogP contribution in [0.3, 0.4) is 0 Å². The van der Waals surface area contributed by atoms with Gasteiger partial charge in [-0.3, -0.25) is 9.59 Å². The van der Waals surface area contributed by atoms with Crippen molar-refractivity contribution in [3.8, 4) is 5.75 Å². The van der Waals surface area contributed by atoms with Crippen LogP contribution in [0, 0.1) is 5.92 Å². The monoisotopic (exact) mass is 541 g/mol. The number of aliphatic hydroxyl groups excluding tert-OH is 1. The Bertz CT molecular complexity index is 973. The van der Waals surface area contributed by atoms with E-state index in [-0.39, 0.29) is 43.1 Å². The van der Waals surface area contributed by atoms with Crippen molar-refractivity contribution in [1.82, 2.24) is 9.80 Å². The average molecular weight is 541 g/mol. The summed E-state index contributed by atoms with van der Waals surface area (Å²) in [6.07, 6.45) is -9.61. The summed E-state index contributed by atoms with van der Waals surface area (Å²) in [7, 11) is 2.79. The van der Waals surface area contributed by atoms with Crippen LogP contribution in [0.2, 0.25) is 0 Å². The molecule has 0 aliphatic heterocycles. The molecule has 1 aromatic carbocycles. The Morgan fingerprint density at radius 2 is 1.59 bits per heavy atom. The van der Waals surface area contributed by atoms with E-state index in [9.17, 15) is 35.9 Å². The van der Waals surface area contributed by atoms with E-state index < -0.39 is 47.7 Å². The van der Waals surface area contributed by atoms with Gasteiger partial charge in [-0.05, 0) is 25.1 Å². The molecule has 208 valence electrons. The molecule has 0 aliphatic carbocycles. The molecule has 0 heterocycles. The Balaban J connectivity index is 3.13. The lowest BCUT2D eigenvalue weighted by Gasteiger charge is -2.21. The highest BCUT2D eigenvalue weighted by atomic mass is 19.4. The second-order valence-electron chi connectivity index (χ2n) is 8.16. The van der Waals surface area contributed by atoms with Crippen LogP contribution in [0.5, 0.6) is 5.75 Å². The van der Waals surface area contributed by atoms with Gasteiger partial charge in [-0.1, -0.05) is 13.8 Å². The summed E-state index contributed by atoms with van der Waals surface area (Å²) in [5.74, 6) is -1.58. The normalized spacial score (nSPS) is 13.3. The lowest BCUT2D eigenvalue weighted by molar-refractivity contribution is -0.143. The van der Waals surface area contributed by atoms with E-state index in [1.807, 2.05) is 0 Å². The van der Waals surface area contributed by atoms with Crippen LogP contribution in [0.1, 0.15) is 31.9 Å². The molecule has 14 heteroatoms. The predicted octanol–water partition coefficient (Wildman–Crippen LogP) is 3.94. The zero-order valence-electron chi connectivity index (χ0n) is 20.9. The second kappa shape index (κ2) is 13.3. The molecule has 37 heavy (non-hydrogen) atoms. The van der Waals surface area contributed by atoms with Gasteiger partial charge in [0.25, 0.3) is 5.91 Å². The number of rotatable bonds is 11. The van der Waals surface area contributed by atoms with Crippen molar-refractivity contribution in [2.24, 2.45) is 10.9 Å². The smallest absolute Gasteiger partial charge is 0.416 e. The summed E-state index contributed by atoms with van der Waals surface area (Å²) in [6.45, 7) is 3.78. The summed E-state index contributed by atoms with van der Waals surface area (Å²) >= 11 is 0. The molecule has 0 aromatic heterocycles. The van der Waals surface area contributed by atoms with Crippen molar-refractivity contribution in [2.45, 2.75) is 33.1 Å². The molecule has 2 amide bonds. The average Bonchev–Trinajstić information content (AvgIpc) is 2.80. The van der Waals surface area contributed by atoms with Crippen LogP contribution < -0.4 is 4.74 Å². The number of benzene rings is 1. The van der Waals surface area contributed by atoms with E-state index in [1.165, 1.54) is 25.9 Å². The number of aliphatic imine (C=N–C) groups is 1. The van der Waals surface area contributed by atoms with Gasteiger partial charge in [0, 0.05) is 26.6 Å². The molecule has 0 fully saturated rings. The number of carbonyl (C=O) groups is 2. The quantitative estimate of drug-likeness (QED) is 0.114. The van der Waals surface area contributed by atoms with Crippen molar-refractivity contribution >= 4 is 18.2 Å². The molecule has 0 saturated heterocycles. The SMILES string of the molecule is C/C(C(=O)N(C)CCO)=C(\N=C(OCCOc1cc(C(F)(F)F)cc(C(F)(F)F)c1)C(C)C)N(C)C=O. The first-order valence-corrected chi connectivity index (χ1v) is 10.9. The highest BCUT2D eigenvalue weighted by molar-refractivity contribution is 5.94. The molecule has 0 saturated carbocycles.